The van der Waals surface area contributed by atoms with E-state index < -0.39 is 73.6 Å². The van der Waals surface area contributed by atoms with Gasteiger partial charge in [-0.15, -0.1) is 13.2 Å². The Kier molecular flexibility index (Phi) is 13.0. The number of rotatable bonds is 10. The smallest absolute Gasteiger partial charge is 0.328 e. The molecular weight excluding hydrogens is 832 g/mol. The molecule has 0 bridgehead atoms. The number of aromatic amines is 2. The van der Waals surface area contributed by atoms with E-state index >= 15 is 0 Å². The molecular formula is C30H41N11O12P2S2. The van der Waals surface area contributed by atoms with Gasteiger partial charge in [-0.25, -0.2) is 15.0 Å². The van der Waals surface area contributed by atoms with E-state index in [0.717, 1.165) is 0 Å². The largest absolute Gasteiger partial charge is 0.386 e. The fourth-order valence-corrected chi connectivity index (χ4v) is 10.1. The minimum atomic E-state index is -3.02. The number of aliphatic hydroxyl groups excluding tert-OH is 2. The maximum absolute atomic E-state index is 12.3. The lowest BCUT2D eigenvalue weighted by Crippen LogP contribution is -2.39. The lowest BCUT2D eigenvalue weighted by atomic mass is 10.1. The fraction of sp³-hybridized carbons (Fsp3) is 0.500. The quantitative estimate of drug-likeness (QED) is 0.0640. The number of aliphatic imine (C=N–C) groups is 1. The molecule has 4 aliphatic rings. The first-order chi connectivity index (χ1) is 26.7. The van der Waals surface area contributed by atoms with Gasteiger partial charge in [-0.2, -0.15) is 9.97 Å². The number of aromatic nitrogens is 8. The molecule has 0 aliphatic carbocycles. The van der Waals surface area contributed by atoms with Crippen LogP contribution in [0, 0.1) is 0 Å². The summed E-state index contributed by atoms with van der Waals surface area (Å²) in [5, 5.41) is 21.6. The van der Waals surface area contributed by atoms with E-state index in [1.165, 1.54) is 40.3 Å². The highest BCUT2D eigenvalue weighted by Crippen LogP contribution is 2.58. The van der Waals surface area contributed by atoms with Crippen LogP contribution in [-0.4, -0.2) is 138 Å². The zero-order valence-corrected chi connectivity index (χ0v) is 33.0. The summed E-state index contributed by atoms with van der Waals surface area (Å²) >= 11 is 10.6. The van der Waals surface area contributed by atoms with Crippen molar-refractivity contribution in [2.24, 2.45) is 4.99 Å². The second kappa shape index (κ2) is 17.3. The number of anilines is 1. The van der Waals surface area contributed by atoms with Crippen LogP contribution in [0.3, 0.4) is 0 Å². The molecule has 8 heterocycles. The van der Waals surface area contributed by atoms with Crippen molar-refractivity contribution in [3.63, 3.8) is 0 Å². The van der Waals surface area contributed by atoms with Crippen LogP contribution in [0.4, 0.5) is 11.9 Å². The predicted molar refractivity (Wildman–Crippen MR) is 212 cm³/mol. The topological polar surface area (TPSA) is 283 Å². The minimum absolute atomic E-state index is 0. The van der Waals surface area contributed by atoms with Crippen molar-refractivity contribution >= 4 is 77.6 Å². The number of hydrogen-bond donors (Lipinski definition) is 5. The Morgan fingerprint density at radius 1 is 0.912 bits per heavy atom. The van der Waals surface area contributed by atoms with E-state index in [0.29, 0.717) is 0 Å². The third-order valence-corrected chi connectivity index (χ3v) is 13.1. The normalized spacial score (nSPS) is 32.0. The average molecular weight is 874 g/mol. The predicted octanol–water partition coefficient (Wildman–Crippen LogP) is 0.881. The summed E-state index contributed by atoms with van der Waals surface area (Å²) in [5.41, 5.74) is 5.25. The molecule has 8 rings (SSSR count). The van der Waals surface area contributed by atoms with Gasteiger partial charge in [-0.05, 0) is 23.6 Å². The Hall–Kier alpha value is -3.65. The van der Waals surface area contributed by atoms with E-state index in [1.807, 2.05) is 0 Å². The van der Waals surface area contributed by atoms with E-state index in [9.17, 15) is 19.8 Å². The van der Waals surface area contributed by atoms with Gasteiger partial charge in [0.25, 0.3) is 11.1 Å². The third kappa shape index (κ3) is 8.72. The van der Waals surface area contributed by atoms with Crippen molar-refractivity contribution in [1.29, 1.82) is 0 Å². The number of nitrogen functional groups attached to an aromatic ring is 1. The zero-order chi connectivity index (χ0) is 39.9. The lowest BCUT2D eigenvalue weighted by molar-refractivity contribution is -0.0613. The lowest BCUT2D eigenvalue weighted by Gasteiger charge is -2.33. The number of imidazole rings is 2. The van der Waals surface area contributed by atoms with E-state index in [1.54, 1.807) is 19.0 Å². The maximum Gasteiger partial charge on any atom is 0.328 e. The highest BCUT2D eigenvalue weighted by Gasteiger charge is 2.53. The summed E-state index contributed by atoms with van der Waals surface area (Å²) in [7, 11) is 3.58. The molecule has 4 saturated heterocycles. The molecule has 57 heavy (non-hydrogen) atoms. The summed E-state index contributed by atoms with van der Waals surface area (Å²) in [4.78, 5) is 51.5. The molecule has 0 aromatic carbocycles. The van der Waals surface area contributed by atoms with Crippen LogP contribution in [-0.2, 0) is 60.2 Å². The Balaban J connectivity index is 0.000000191. The van der Waals surface area contributed by atoms with Gasteiger partial charge in [0.1, 0.15) is 36.6 Å². The summed E-state index contributed by atoms with van der Waals surface area (Å²) in [6, 6.07) is 0. The molecule has 0 radical (unpaired) electrons. The van der Waals surface area contributed by atoms with E-state index in [4.69, 9.17) is 66.0 Å². The van der Waals surface area contributed by atoms with E-state index in [-0.39, 0.29) is 68.1 Å². The number of nitrogens with zero attached hydrogens (tertiary/aromatic N) is 8. The summed E-state index contributed by atoms with van der Waals surface area (Å²) in [6.45, 7) is 1.66. The number of aliphatic hydroxyl groups is 2. The molecule has 4 aromatic heterocycles. The molecule has 4 aliphatic heterocycles. The molecule has 27 heteroatoms. The van der Waals surface area contributed by atoms with Crippen LogP contribution in [0.2, 0.25) is 0 Å². The van der Waals surface area contributed by atoms with E-state index in [2.05, 4.69) is 48.1 Å². The van der Waals surface area contributed by atoms with Crippen LogP contribution in [0.15, 0.2) is 52.5 Å². The molecule has 4 fully saturated rings. The van der Waals surface area contributed by atoms with Crippen molar-refractivity contribution in [2.75, 3.05) is 46.3 Å². The molecule has 310 valence electrons. The van der Waals surface area contributed by atoms with Crippen LogP contribution < -0.4 is 16.9 Å². The van der Waals surface area contributed by atoms with Crippen LogP contribution >= 0.6 is 13.4 Å². The molecule has 0 spiro atoms. The number of hydrogen-bond acceptors (Lipinski definition) is 20. The second-order valence-electron chi connectivity index (χ2n) is 12.6. The van der Waals surface area contributed by atoms with Crippen LogP contribution in [0.1, 0.15) is 19.9 Å². The van der Waals surface area contributed by atoms with Gasteiger partial charge in [-0.1, -0.05) is 19.6 Å². The van der Waals surface area contributed by atoms with Gasteiger partial charge >= 0.3 is 13.4 Å². The number of nitrogens with one attached hydrogen (secondary N) is 2. The molecule has 0 saturated carbocycles. The molecule has 0 amide bonds. The molecule has 4 aromatic rings. The van der Waals surface area contributed by atoms with Crippen LogP contribution in [0.5, 0.6) is 0 Å². The van der Waals surface area contributed by atoms with Crippen molar-refractivity contribution in [2.45, 2.75) is 56.5 Å². The SMILES string of the molecule is C.C=CCOP1(=S)OC[C@H]2O[C@@H](n3cnc4c(=O)[nH]c(N)nc43)C(O)C2O1.C=CCOP1(=S)OC[C@H]2O[C@@H](n3cnc4c(=O)[nH]c(N=CN(C)C)nc43)C(O)C2O1. The van der Waals surface area contributed by atoms with Gasteiger partial charge in [-0.3, -0.25) is 37.7 Å². The average Bonchev–Trinajstić information content (AvgIpc) is 3.93. The summed E-state index contributed by atoms with van der Waals surface area (Å²) in [6.07, 6.45) is 0.645. The Labute approximate surface area is 333 Å². The van der Waals surface area contributed by atoms with Crippen molar-refractivity contribution in [3.05, 3.63) is 58.7 Å². The maximum atomic E-state index is 12.3. The number of H-pyrrole nitrogens is 2. The monoisotopic (exact) mass is 873 g/mol. The first-order valence-corrected chi connectivity index (χ1v) is 21.8. The first kappa shape index (κ1) is 42.9. The first-order valence-electron chi connectivity index (χ1n) is 16.7. The Bertz CT molecular complexity index is 2370. The van der Waals surface area contributed by atoms with Crippen molar-refractivity contribution in [1.82, 2.24) is 43.9 Å². The number of fused-ring (bicyclic) bond motifs is 4. The fourth-order valence-electron chi connectivity index (χ4n) is 6.00. The van der Waals surface area contributed by atoms with Gasteiger partial charge in [0.15, 0.2) is 34.8 Å². The van der Waals surface area contributed by atoms with Gasteiger partial charge < -0.3 is 48.4 Å². The Morgan fingerprint density at radius 2 is 1.39 bits per heavy atom. The van der Waals surface area contributed by atoms with Gasteiger partial charge in [0.2, 0.25) is 11.9 Å². The summed E-state index contributed by atoms with van der Waals surface area (Å²) in [5.74, 6) is 0.0304. The molecule has 23 nitrogen and oxygen atoms in total. The van der Waals surface area contributed by atoms with Gasteiger partial charge in [0, 0.05) is 14.1 Å². The number of ether oxygens (including phenoxy) is 2. The molecule has 6 unspecified atom stereocenters. The standard InChI is InChI=1S/C16H21N6O6PS.C13H16N5O6PS.CH4/c1-4-5-25-29(30)26-6-9-12(28-29)11(23)15(27-9)22-8-17-10-13(22)19-16(20-14(10)24)18-7-21(2)3;1-2-3-21-25(26)22-4-6-9(24-25)8(19)12(23-6)18-5-15-7-10(18)16-13(14)17-11(7)20;/h4,7-9,11-12,15,23H,1,5-6H2,2-3H3,(H,19,20,24);2,5-6,8-9,12,19H,1,3-4H2,(H3,14,16,17,20);1H4/t9-,11?,12?,15-,29?;6-,8?,9?,12-,25?;/m11./s1. The molecule has 6 N–H and O–H groups in total. The third-order valence-electron chi connectivity index (χ3n) is 8.45. The van der Waals surface area contributed by atoms with Crippen molar-refractivity contribution in [3.8, 4) is 0 Å². The van der Waals surface area contributed by atoms with Crippen molar-refractivity contribution < 1.29 is 46.8 Å². The highest BCUT2D eigenvalue weighted by atomic mass is 32.5. The van der Waals surface area contributed by atoms with Gasteiger partial charge in [0.05, 0.1) is 45.4 Å². The van der Waals surface area contributed by atoms with Crippen LogP contribution in [0.25, 0.3) is 22.3 Å². The molecule has 10 atom stereocenters. The minimum Gasteiger partial charge on any atom is -0.386 e. The zero-order valence-electron chi connectivity index (χ0n) is 29.6. The second-order valence-corrected chi connectivity index (χ2v) is 18.5. The Morgan fingerprint density at radius 3 is 1.86 bits per heavy atom. The summed E-state index contributed by atoms with van der Waals surface area (Å²) < 4.78 is 48.1. The number of nitrogens with two attached hydrogens (primary N) is 1. The highest BCUT2D eigenvalue weighted by molar-refractivity contribution is 8.07.